The Morgan fingerprint density at radius 1 is 1.33 bits per heavy atom. The van der Waals surface area contributed by atoms with E-state index in [9.17, 15) is 4.79 Å². The number of hydrogen-bond acceptors (Lipinski definition) is 6. The highest BCUT2D eigenvalue weighted by atomic mass is 16.7. The fourth-order valence-electron chi connectivity index (χ4n) is 2.35. The van der Waals surface area contributed by atoms with E-state index in [0.717, 1.165) is 5.56 Å². The number of likely N-dealkylation sites (N-methyl/N-ethyl adjacent to an activating group) is 1. The number of carbonyl (C=O) groups is 1. The van der Waals surface area contributed by atoms with Crippen molar-refractivity contribution < 1.29 is 23.7 Å². The molecule has 1 N–H and O–H groups in total. The Morgan fingerprint density at radius 3 is 2.83 bits per heavy atom. The molecule has 0 aromatic heterocycles. The number of aliphatic imine (C=N–C) groups is 1. The van der Waals surface area contributed by atoms with Crippen molar-refractivity contribution in [1.29, 1.82) is 0 Å². The number of benzene rings is 1. The van der Waals surface area contributed by atoms with Gasteiger partial charge in [0.15, 0.2) is 17.8 Å². The van der Waals surface area contributed by atoms with Crippen molar-refractivity contribution in [2.45, 2.75) is 6.29 Å². The zero-order valence-electron chi connectivity index (χ0n) is 13.7. The summed E-state index contributed by atoms with van der Waals surface area (Å²) in [5.74, 6) is 1.65. The average molecular weight is 333 g/mol. The van der Waals surface area contributed by atoms with Crippen LogP contribution in [0.5, 0.6) is 11.5 Å². The Kier molecular flexibility index (Phi) is 4.68. The van der Waals surface area contributed by atoms with Gasteiger partial charge < -0.3 is 24.3 Å². The summed E-state index contributed by atoms with van der Waals surface area (Å²) >= 11 is 0. The predicted molar refractivity (Wildman–Crippen MR) is 86.6 cm³/mol. The van der Waals surface area contributed by atoms with Gasteiger partial charge in [-0.25, -0.2) is 4.99 Å². The molecule has 8 heteroatoms. The van der Waals surface area contributed by atoms with Crippen LogP contribution in [0.25, 0.3) is 6.08 Å². The summed E-state index contributed by atoms with van der Waals surface area (Å²) in [4.78, 5) is 18.1. The second-order valence-corrected chi connectivity index (χ2v) is 5.23. The molecule has 1 saturated heterocycles. The van der Waals surface area contributed by atoms with Gasteiger partial charge in [-0.1, -0.05) is 6.07 Å². The Bertz CT molecular complexity index is 697. The number of ether oxygens (including phenoxy) is 4. The molecule has 128 valence electrons. The molecule has 0 unspecified atom stereocenters. The van der Waals surface area contributed by atoms with E-state index in [1.807, 2.05) is 18.2 Å². The SMILES string of the molecule is COC(CN=C1N/C(=C\c2ccc3c(c2)OCO3)C(=O)N1C)OC. The minimum absolute atomic E-state index is 0.169. The summed E-state index contributed by atoms with van der Waals surface area (Å²) in [6.45, 7) is 0.497. The van der Waals surface area contributed by atoms with E-state index in [-0.39, 0.29) is 19.2 Å². The second-order valence-electron chi connectivity index (χ2n) is 5.23. The quantitative estimate of drug-likeness (QED) is 0.634. The van der Waals surface area contributed by atoms with Gasteiger partial charge in [0.2, 0.25) is 12.8 Å². The van der Waals surface area contributed by atoms with Crippen LogP contribution >= 0.6 is 0 Å². The molecule has 0 radical (unpaired) electrons. The number of hydrogen-bond donors (Lipinski definition) is 1. The maximum atomic E-state index is 12.3. The van der Waals surface area contributed by atoms with Gasteiger partial charge in [0.1, 0.15) is 5.70 Å². The van der Waals surface area contributed by atoms with Crippen molar-refractivity contribution in [2.75, 3.05) is 34.6 Å². The normalized spacial score (nSPS) is 19.7. The fraction of sp³-hybridized carbons (Fsp3) is 0.375. The van der Waals surface area contributed by atoms with Gasteiger partial charge in [0.05, 0.1) is 6.54 Å². The molecule has 24 heavy (non-hydrogen) atoms. The van der Waals surface area contributed by atoms with Crippen LogP contribution in [0.15, 0.2) is 28.9 Å². The predicted octanol–water partition coefficient (Wildman–Crippen LogP) is 0.793. The van der Waals surface area contributed by atoms with Gasteiger partial charge in [-0.2, -0.15) is 0 Å². The lowest BCUT2D eigenvalue weighted by Crippen LogP contribution is -2.30. The molecule has 2 aliphatic rings. The van der Waals surface area contributed by atoms with Gasteiger partial charge in [-0.15, -0.1) is 0 Å². The Labute approximate surface area is 139 Å². The third-order valence-electron chi connectivity index (χ3n) is 3.72. The zero-order chi connectivity index (χ0) is 17.1. The Balaban J connectivity index is 1.77. The molecule has 2 heterocycles. The van der Waals surface area contributed by atoms with Crippen molar-refractivity contribution >= 4 is 17.9 Å². The molecule has 0 spiro atoms. The minimum atomic E-state index is -0.454. The van der Waals surface area contributed by atoms with Crippen molar-refractivity contribution in [3.63, 3.8) is 0 Å². The molecule has 0 atom stereocenters. The molecule has 0 saturated carbocycles. The van der Waals surface area contributed by atoms with Crippen LogP contribution < -0.4 is 14.8 Å². The van der Waals surface area contributed by atoms with Crippen LogP contribution in [0, 0.1) is 0 Å². The first kappa shape index (κ1) is 16.3. The number of fused-ring (bicyclic) bond motifs is 1. The zero-order valence-corrected chi connectivity index (χ0v) is 13.7. The number of rotatable bonds is 5. The third kappa shape index (κ3) is 3.19. The molecule has 0 bridgehead atoms. The lowest BCUT2D eigenvalue weighted by atomic mass is 10.1. The van der Waals surface area contributed by atoms with E-state index < -0.39 is 6.29 Å². The van der Waals surface area contributed by atoms with E-state index >= 15 is 0 Å². The molecule has 3 rings (SSSR count). The summed E-state index contributed by atoms with van der Waals surface area (Å²) in [6.07, 6.45) is 1.29. The monoisotopic (exact) mass is 333 g/mol. The summed E-state index contributed by atoms with van der Waals surface area (Å²) in [6, 6.07) is 5.50. The molecule has 2 aliphatic heterocycles. The van der Waals surface area contributed by atoms with E-state index in [0.29, 0.717) is 23.2 Å². The van der Waals surface area contributed by atoms with Crippen LogP contribution in [0.3, 0.4) is 0 Å². The number of amides is 1. The van der Waals surface area contributed by atoms with Crippen LogP contribution in [0.4, 0.5) is 0 Å². The third-order valence-corrected chi connectivity index (χ3v) is 3.72. The maximum absolute atomic E-state index is 12.3. The van der Waals surface area contributed by atoms with Gasteiger partial charge in [-0.05, 0) is 23.8 Å². The Hall–Kier alpha value is -2.58. The largest absolute Gasteiger partial charge is 0.454 e. The summed E-state index contributed by atoms with van der Waals surface area (Å²) < 4.78 is 20.8. The van der Waals surface area contributed by atoms with E-state index in [1.54, 1.807) is 13.1 Å². The first-order valence-corrected chi connectivity index (χ1v) is 7.39. The molecule has 0 aliphatic carbocycles. The number of nitrogens with zero attached hydrogens (tertiary/aromatic N) is 2. The lowest BCUT2D eigenvalue weighted by molar-refractivity contribution is -0.121. The maximum Gasteiger partial charge on any atom is 0.276 e. The van der Waals surface area contributed by atoms with Crippen LogP contribution in [0.1, 0.15) is 5.56 Å². The van der Waals surface area contributed by atoms with Crippen LogP contribution in [-0.2, 0) is 14.3 Å². The highest BCUT2D eigenvalue weighted by molar-refractivity contribution is 6.15. The average Bonchev–Trinajstić information content (AvgIpc) is 3.16. The highest BCUT2D eigenvalue weighted by Crippen LogP contribution is 2.33. The number of carbonyl (C=O) groups excluding carboxylic acids is 1. The standard InChI is InChI=1S/C16H19N3O5/c1-19-15(20)11(18-16(19)17-8-14(21-2)22-3)6-10-4-5-12-13(7-10)24-9-23-12/h4-7,14H,8-9H2,1-3H3,(H,17,18)/b11-6-. The first-order valence-electron chi connectivity index (χ1n) is 7.39. The van der Waals surface area contributed by atoms with Crippen LogP contribution in [-0.4, -0.2) is 57.7 Å². The van der Waals surface area contributed by atoms with Gasteiger partial charge in [-0.3, -0.25) is 9.69 Å². The Morgan fingerprint density at radius 2 is 2.08 bits per heavy atom. The topological polar surface area (TPSA) is 81.6 Å². The summed E-state index contributed by atoms with van der Waals surface area (Å²) in [5, 5.41) is 3.01. The molecule has 1 aromatic carbocycles. The van der Waals surface area contributed by atoms with Gasteiger partial charge in [0, 0.05) is 21.3 Å². The van der Waals surface area contributed by atoms with Crippen molar-refractivity contribution in [3.05, 3.63) is 29.5 Å². The van der Waals surface area contributed by atoms with E-state index in [2.05, 4.69) is 10.3 Å². The molecule has 1 fully saturated rings. The minimum Gasteiger partial charge on any atom is -0.454 e. The smallest absolute Gasteiger partial charge is 0.276 e. The molecular formula is C16H19N3O5. The number of methoxy groups -OCH3 is 2. The molecule has 8 nitrogen and oxygen atoms in total. The van der Waals surface area contributed by atoms with Crippen molar-refractivity contribution in [3.8, 4) is 11.5 Å². The molecule has 1 aromatic rings. The van der Waals surface area contributed by atoms with Crippen LogP contribution in [0.2, 0.25) is 0 Å². The number of nitrogens with one attached hydrogen (secondary N) is 1. The van der Waals surface area contributed by atoms with Gasteiger partial charge >= 0.3 is 0 Å². The summed E-state index contributed by atoms with van der Waals surface area (Å²) in [5.41, 5.74) is 1.26. The summed E-state index contributed by atoms with van der Waals surface area (Å²) in [7, 11) is 4.73. The highest BCUT2D eigenvalue weighted by Gasteiger charge is 2.29. The van der Waals surface area contributed by atoms with E-state index in [4.69, 9.17) is 18.9 Å². The first-order chi connectivity index (χ1) is 11.6. The van der Waals surface area contributed by atoms with Crippen molar-refractivity contribution in [1.82, 2.24) is 10.2 Å². The van der Waals surface area contributed by atoms with Gasteiger partial charge in [0.25, 0.3) is 5.91 Å². The molecular weight excluding hydrogens is 314 g/mol. The molecule has 1 amide bonds. The van der Waals surface area contributed by atoms with Crippen molar-refractivity contribution in [2.24, 2.45) is 4.99 Å². The van der Waals surface area contributed by atoms with E-state index in [1.165, 1.54) is 19.1 Å². The second kappa shape index (κ2) is 6.90. The lowest BCUT2D eigenvalue weighted by Gasteiger charge is -2.12. The fourth-order valence-corrected chi connectivity index (χ4v) is 2.35. The number of guanidine groups is 1.